The monoisotopic (exact) mass is 286 g/mol. The van der Waals surface area contributed by atoms with Crippen molar-refractivity contribution < 1.29 is 9.90 Å². The van der Waals surface area contributed by atoms with Gasteiger partial charge in [0.1, 0.15) is 0 Å². The number of carboxylic acid groups (broad SMARTS) is 1. The summed E-state index contributed by atoms with van der Waals surface area (Å²) in [5.74, 6) is -0.707. The molecule has 0 aliphatic heterocycles. The van der Waals surface area contributed by atoms with Crippen LogP contribution in [0.5, 0.6) is 0 Å². The first-order valence-electron chi connectivity index (χ1n) is 6.73. The largest absolute Gasteiger partial charge is 0.477 e. The smallest absolute Gasteiger partial charge is 0.354 e. The number of nitrogens with one attached hydrogen (secondary N) is 1. The number of carboxylic acids is 1. The third kappa shape index (κ3) is 4.45. The van der Waals surface area contributed by atoms with E-state index >= 15 is 0 Å². The van der Waals surface area contributed by atoms with Crippen LogP contribution in [0.4, 0.5) is 11.6 Å². The highest BCUT2D eigenvalue weighted by Crippen LogP contribution is 2.11. The van der Waals surface area contributed by atoms with Crippen molar-refractivity contribution in [2.75, 3.05) is 30.4 Å². The fourth-order valence-electron chi connectivity index (χ4n) is 1.89. The van der Waals surface area contributed by atoms with Crippen molar-refractivity contribution in [1.29, 1.82) is 0 Å². The Morgan fingerprint density at radius 3 is 2.76 bits per heavy atom. The van der Waals surface area contributed by atoms with Crippen LogP contribution in [0.15, 0.2) is 42.6 Å². The second-order valence-electron chi connectivity index (χ2n) is 4.61. The van der Waals surface area contributed by atoms with Crippen LogP contribution < -0.4 is 10.2 Å². The number of carbonyl (C=O) groups is 1. The van der Waals surface area contributed by atoms with Gasteiger partial charge in [-0.2, -0.15) is 0 Å². The van der Waals surface area contributed by atoms with Gasteiger partial charge in [0.15, 0.2) is 5.69 Å². The third-order valence-corrected chi connectivity index (χ3v) is 3.03. The minimum atomic E-state index is -1.05. The molecule has 2 aromatic rings. The Morgan fingerprint density at radius 1 is 1.29 bits per heavy atom. The molecule has 6 nitrogen and oxygen atoms in total. The van der Waals surface area contributed by atoms with E-state index in [1.54, 1.807) is 0 Å². The molecule has 0 unspecified atom stereocenters. The van der Waals surface area contributed by atoms with E-state index in [1.165, 1.54) is 18.0 Å². The standard InChI is InChI=1S/C15H18N4O2/c1-19(12-6-3-2-4-7-12)11-5-9-16-15-17-10-8-13(18-15)14(20)21/h2-4,6-8,10H,5,9,11H2,1H3,(H,20,21)(H,16,17,18). The van der Waals surface area contributed by atoms with Gasteiger partial charge >= 0.3 is 5.97 Å². The first kappa shape index (κ1) is 14.8. The van der Waals surface area contributed by atoms with Gasteiger partial charge in [-0.05, 0) is 24.6 Å². The lowest BCUT2D eigenvalue weighted by atomic mass is 10.3. The van der Waals surface area contributed by atoms with Gasteiger partial charge in [-0.3, -0.25) is 0 Å². The number of nitrogens with zero attached hydrogens (tertiary/aromatic N) is 3. The second kappa shape index (κ2) is 7.23. The summed E-state index contributed by atoms with van der Waals surface area (Å²) in [4.78, 5) is 20.9. The summed E-state index contributed by atoms with van der Waals surface area (Å²) in [6.45, 7) is 1.57. The summed E-state index contributed by atoms with van der Waals surface area (Å²) >= 11 is 0. The molecule has 1 aromatic carbocycles. The van der Waals surface area contributed by atoms with Crippen LogP contribution in [0.25, 0.3) is 0 Å². The van der Waals surface area contributed by atoms with Gasteiger partial charge in [-0.15, -0.1) is 0 Å². The quantitative estimate of drug-likeness (QED) is 0.759. The van der Waals surface area contributed by atoms with Gasteiger partial charge < -0.3 is 15.3 Å². The van der Waals surface area contributed by atoms with Gasteiger partial charge in [0, 0.05) is 32.0 Å². The highest BCUT2D eigenvalue weighted by molar-refractivity contribution is 5.85. The van der Waals surface area contributed by atoms with Gasteiger partial charge in [0.25, 0.3) is 0 Å². The Balaban J connectivity index is 1.77. The van der Waals surface area contributed by atoms with Crippen LogP contribution in [0.1, 0.15) is 16.9 Å². The Kier molecular flexibility index (Phi) is 5.09. The Morgan fingerprint density at radius 2 is 2.05 bits per heavy atom. The molecule has 1 aromatic heterocycles. The molecule has 0 saturated heterocycles. The molecule has 1 heterocycles. The number of hydrogen-bond donors (Lipinski definition) is 2. The predicted octanol–water partition coefficient (Wildman–Crippen LogP) is 2.11. The molecular formula is C15H18N4O2. The van der Waals surface area contributed by atoms with Crippen molar-refractivity contribution in [3.8, 4) is 0 Å². The molecule has 0 aliphatic carbocycles. The van der Waals surface area contributed by atoms with Crippen molar-refractivity contribution >= 4 is 17.6 Å². The number of aromatic nitrogens is 2. The zero-order chi connectivity index (χ0) is 15.1. The third-order valence-electron chi connectivity index (χ3n) is 3.03. The van der Waals surface area contributed by atoms with Crippen LogP contribution in [-0.2, 0) is 0 Å². The van der Waals surface area contributed by atoms with Crippen molar-refractivity contribution in [1.82, 2.24) is 9.97 Å². The van der Waals surface area contributed by atoms with E-state index in [1.807, 2.05) is 25.2 Å². The van der Waals surface area contributed by atoms with E-state index in [2.05, 4.69) is 32.3 Å². The molecule has 0 amide bonds. The molecule has 0 saturated carbocycles. The Labute approximate surface area is 123 Å². The van der Waals surface area contributed by atoms with E-state index in [0.717, 1.165) is 13.0 Å². The lowest BCUT2D eigenvalue weighted by Gasteiger charge is -2.19. The number of benzene rings is 1. The van der Waals surface area contributed by atoms with Crippen LogP contribution in [0.3, 0.4) is 0 Å². The fourth-order valence-corrected chi connectivity index (χ4v) is 1.89. The van der Waals surface area contributed by atoms with E-state index in [0.29, 0.717) is 12.5 Å². The maximum Gasteiger partial charge on any atom is 0.354 e. The first-order valence-corrected chi connectivity index (χ1v) is 6.73. The fraction of sp³-hybridized carbons (Fsp3) is 0.267. The highest BCUT2D eigenvalue weighted by atomic mass is 16.4. The van der Waals surface area contributed by atoms with E-state index in [-0.39, 0.29) is 5.69 Å². The SMILES string of the molecule is CN(CCCNc1nccc(C(=O)O)n1)c1ccccc1. The van der Waals surface area contributed by atoms with Crippen LogP contribution >= 0.6 is 0 Å². The van der Waals surface area contributed by atoms with Gasteiger partial charge in [-0.1, -0.05) is 18.2 Å². The van der Waals surface area contributed by atoms with Crippen molar-refractivity contribution in [2.24, 2.45) is 0 Å². The summed E-state index contributed by atoms with van der Waals surface area (Å²) in [5, 5.41) is 11.9. The minimum Gasteiger partial charge on any atom is -0.477 e. The number of rotatable bonds is 7. The highest BCUT2D eigenvalue weighted by Gasteiger charge is 2.05. The van der Waals surface area contributed by atoms with Gasteiger partial charge in [0.2, 0.25) is 5.95 Å². The van der Waals surface area contributed by atoms with E-state index < -0.39 is 5.97 Å². The molecule has 110 valence electrons. The zero-order valence-electron chi connectivity index (χ0n) is 11.9. The molecule has 21 heavy (non-hydrogen) atoms. The molecule has 0 spiro atoms. The second-order valence-corrected chi connectivity index (χ2v) is 4.61. The number of aromatic carboxylic acids is 1. The number of anilines is 2. The molecule has 6 heteroatoms. The zero-order valence-corrected chi connectivity index (χ0v) is 11.9. The minimum absolute atomic E-state index is 0.00564. The molecule has 0 atom stereocenters. The summed E-state index contributed by atoms with van der Waals surface area (Å²) < 4.78 is 0. The molecular weight excluding hydrogens is 268 g/mol. The average Bonchev–Trinajstić information content (AvgIpc) is 2.52. The lowest BCUT2D eigenvalue weighted by molar-refractivity contribution is 0.0690. The molecule has 0 bridgehead atoms. The summed E-state index contributed by atoms with van der Waals surface area (Å²) in [6.07, 6.45) is 2.33. The lowest BCUT2D eigenvalue weighted by Crippen LogP contribution is -2.21. The van der Waals surface area contributed by atoms with Gasteiger partial charge in [-0.25, -0.2) is 14.8 Å². The molecule has 0 radical (unpaired) electrons. The average molecular weight is 286 g/mol. The summed E-state index contributed by atoms with van der Waals surface area (Å²) in [6, 6.07) is 11.5. The predicted molar refractivity (Wildman–Crippen MR) is 81.8 cm³/mol. The van der Waals surface area contributed by atoms with E-state index in [9.17, 15) is 4.79 Å². The normalized spacial score (nSPS) is 10.1. The topological polar surface area (TPSA) is 78.4 Å². The first-order chi connectivity index (χ1) is 10.2. The van der Waals surface area contributed by atoms with Crippen LogP contribution in [0.2, 0.25) is 0 Å². The molecule has 2 N–H and O–H groups in total. The van der Waals surface area contributed by atoms with Crippen LogP contribution in [-0.4, -0.2) is 41.2 Å². The van der Waals surface area contributed by atoms with Gasteiger partial charge in [0.05, 0.1) is 0 Å². The number of para-hydroxylation sites is 1. The Bertz CT molecular complexity index is 589. The van der Waals surface area contributed by atoms with E-state index in [4.69, 9.17) is 5.11 Å². The summed E-state index contributed by atoms with van der Waals surface area (Å²) in [5.41, 5.74) is 1.16. The van der Waals surface area contributed by atoms with Crippen molar-refractivity contribution in [2.45, 2.75) is 6.42 Å². The maximum atomic E-state index is 10.8. The maximum absolute atomic E-state index is 10.8. The number of hydrogen-bond acceptors (Lipinski definition) is 5. The summed E-state index contributed by atoms with van der Waals surface area (Å²) in [7, 11) is 2.04. The van der Waals surface area contributed by atoms with Crippen LogP contribution in [0, 0.1) is 0 Å². The molecule has 0 aliphatic rings. The van der Waals surface area contributed by atoms with Crippen molar-refractivity contribution in [3.05, 3.63) is 48.3 Å². The van der Waals surface area contributed by atoms with Crippen molar-refractivity contribution in [3.63, 3.8) is 0 Å². The molecule has 2 rings (SSSR count). The Hall–Kier alpha value is -2.63. The molecule has 0 fully saturated rings.